The number of unbranched alkanes of at least 4 members (excludes halogenated alkanes) is 1. The van der Waals surface area contributed by atoms with Gasteiger partial charge in [0.15, 0.2) is 0 Å². The Hall–Kier alpha value is -1.74. The molecule has 0 aliphatic heterocycles. The molecular formula is C17H23NO2. The molecule has 0 aliphatic carbocycles. The van der Waals surface area contributed by atoms with E-state index in [2.05, 4.69) is 24.4 Å². The Kier molecular flexibility index (Phi) is 5.69. The van der Waals surface area contributed by atoms with Crippen LogP contribution in [0.25, 0.3) is 0 Å². The van der Waals surface area contributed by atoms with Gasteiger partial charge in [0.2, 0.25) is 0 Å². The fourth-order valence-electron chi connectivity index (χ4n) is 2.16. The first kappa shape index (κ1) is 14.7. The Balaban J connectivity index is 1.96. The standard InChI is InChI=1S/C17H23NO2/c1-3-4-10-20-16-7-5-15(6-8-16)17(18-2)12-14-9-11-19-13-14/h5-9,11,13,17-18H,3-4,10,12H2,1-2H3. The molecule has 1 atom stereocenters. The molecule has 1 aromatic heterocycles. The second-order valence-corrected chi connectivity index (χ2v) is 4.95. The van der Waals surface area contributed by atoms with Crippen LogP contribution >= 0.6 is 0 Å². The van der Waals surface area contributed by atoms with Gasteiger partial charge in [-0.3, -0.25) is 0 Å². The monoisotopic (exact) mass is 273 g/mol. The van der Waals surface area contributed by atoms with E-state index >= 15 is 0 Å². The summed E-state index contributed by atoms with van der Waals surface area (Å²) in [6.07, 6.45) is 6.69. The van der Waals surface area contributed by atoms with Gasteiger partial charge in [-0.05, 0) is 49.2 Å². The quantitative estimate of drug-likeness (QED) is 0.739. The van der Waals surface area contributed by atoms with Crippen LogP contribution in [0.4, 0.5) is 0 Å². The molecule has 0 fully saturated rings. The minimum Gasteiger partial charge on any atom is -0.494 e. The zero-order valence-electron chi connectivity index (χ0n) is 12.3. The Bertz CT molecular complexity index is 476. The lowest BCUT2D eigenvalue weighted by Gasteiger charge is -2.16. The molecule has 0 bridgehead atoms. The molecule has 0 spiro atoms. The Morgan fingerprint density at radius 1 is 1.20 bits per heavy atom. The Morgan fingerprint density at radius 3 is 2.60 bits per heavy atom. The average molecular weight is 273 g/mol. The van der Waals surface area contributed by atoms with Gasteiger partial charge in [0, 0.05) is 6.04 Å². The number of nitrogens with one attached hydrogen (secondary N) is 1. The summed E-state index contributed by atoms with van der Waals surface area (Å²) in [6, 6.07) is 10.6. The molecule has 108 valence electrons. The highest BCUT2D eigenvalue weighted by molar-refractivity contribution is 5.30. The fraction of sp³-hybridized carbons (Fsp3) is 0.412. The van der Waals surface area contributed by atoms with E-state index in [1.54, 1.807) is 12.5 Å². The molecule has 0 radical (unpaired) electrons. The number of rotatable bonds is 8. The zero-order chi connectivity index (χ0) is 14.2. The first-order chi connectivity index (χ1) is 9.83. The van der Waals surface area contributed by atoms with Gasteiger partial charge >= 0.3 is 0 Å². The van der Waals surface area contributed by atoms with E-state index in [0.717, 1.165) is 31.6 Å². The molecule has 3 nitrogen and oxygen atoms in total. The maximum atomic E-state index is 5.69. The van der Waals surface area contributed by atoms with Crippen molar-refractivity contribution in [1.82, 2.24) is 5.32 Å². The van der Waals surface area contributed by atoms with Crippen LogP contribution < -0.4 is 10.1 Å². The zero-order valence-corrected chi connectivity index (χ0v) is 12.3. The summed E-state index contributed by atoms with van der Waals surface area (Å²) in [6.45, 7) is 2.96. The van der Waals surface area contributed by atoms with Crippen molar-refractivity contribution in [2.75, 3.05) is 13.7 Å². The Labute approximate surface area is 121 Å². The fourth-order valence-corrected chi connectivity index (χ4v) is 2.16. The molecule has 1 aromatic carbocycles. The maximum Gasteiger partial charge on any atom is 0.119 e. The molecule has 1 heterocycles. The summed E-state index contributed by atoms with van der Waals surface area (Å²) in [4.78, 5) is 0. The van der Waals surface area contributed by atoms with Crippen molar-refractivity contribution in [2.45, 2.75) is 32.2 Å². The summed E-state index contributed by atoms with van der Waals surface area (Å²) >= 11 is 0. The van der Waals surface area contributed by atoms with Gasteiger partial charge in [-0.1, -0.05) is 25.5 Å². The number of ether oxygens (including phenoxy) is 1. The van der Waals surface area contributed by atoms with Crippen LogP contribution in [0.5, 0.6) is 5.75 Å². The highest BCUT2D eigenvalue weighted by Gasteiger charge is 2.10. The second-order valence-electron chi connectivity index (χ2n) is 4.95. The largest absolute Gasteiger partial charge is 0.494 e. The van der Waals surface area contributed by atoms with E-state index in [1.165, 1.54) is 11.1 Å². The molecule has 0 saturated heterocycles. The van der Waals surface area contributed by atoms with Crippen molar-refractivity contribution < 1.29 is 9.15 Å². The third-order valence-electron chi connectivity index (χ3n) is 3.42. The maximum absolute atomic E-state index is 5.69. The lowest BCUT2D eigenvalue weighted by molar-refractivity contribution is 0.309. The third-order valence-corrected chi connectivity index (χ3v) is 3.42. The van der Waals surface area contributed by atoms with Crippen LogP contribution in [0.2, 0.25) is 0 Å². The van der Waals surface area contributed by atoms with Crippen molar-refractivity contribution in [2.24, 2.45) is 0 Å². The van der Waals surface area contributed by atoms with Gasteiger partial charge in [0.25, 0.3) is 0 Å². The number of furan rings is 1. The lowest BCUT2D eigenvalue weighted by Crippen LogP contribution is -2.18. The Morgan fingerprint density at radius 2 is 2.00 bits per heavy atom. The molecule has 2 aromatic rings. The molecular weight excluding hydrogens is 250 g/mol. The summed E-state index contributed by atoms with van der Waals surface area (Å²) in [7, 11) is 1.98. The van der Waals surface area contributed by atoms with E-state index in [9.17, 15) is 0 Å². The summed E-state index contributed by atoms with van der Waals surface area (Å²) in [5, 5.41) is 3.35. The predicted octanol–water partition coefficient (Wildman–Crippen LogP) is 3.96. The van der Waals surface area contributed by atoms with Gasteiger partial charge in [-0.25, -0.2) is 0 Å². The van der Waals surface area contributed by atoms with E-state index in [-0.39, 0.29) is 6.04 Å². The van der Waals surface area contributed by atoms with Crippen LogP contribution in [0, 0.1) is 0 Å². The van der Waals surface area contributed by atoms with Gasteiger partial charge < -0.3 is 14.5 Å². The minimum absolute atomic E-state index is 0.289. The van der Waals surface area contributed by atoms with Crippen molar-refractivity contribution in [3.63, 3.8) is 0 Å². The third kappa shape index (κ3) is 4.14. The normalized spacial score (nSPS) is 12.3. The van der Waals surface area contributed by atoms with Crippen molar-refractivity contribution >= 4 is 0 Å². The van der Waals surface area contributed by atoms with Crippen LogP contribution in [0.15, 0.2) is 47.3 Å². The number of hydrogen-bond acceptors (Lipinski definition) is 3. The van der Waals surface area contributed by atoms with Gasteiger partial charge in [-0.2, -0.15) is 0 Å². The lowest BCUT2D eigenvalue weighted by atomic mass is 10.0. The van der Waals surface area contributed by atoms with E-state index in [4.69, 9.17) is 9.15 Å². The molecule has 2 rings (SSSR count). The molecule has 0 aliphatic rings. The topological polar surface area (TPSA) is 34.4 Å². The smallest absolute Gasteiger partial charge is 0.119 e. The van der Waals surface area contributed by atoms with Crippen LogP contribution in [0.3, 0.4) is 0 Å². The van der Waals surface area contributed by atoms with Crippen LogP contribution in [0.1, 0.15) is 36.9 Å². The highest BCUT2D eigenvalue weighted by Crippen LogP contribution is 2.21. The van der Waals surface area contributed by atoms with E-state index < -0.39 is 0 Å². The van der Waals surface area contributed by atoms with Crippen molar-refractivity contribution in [3.8, 4) is 5.75 Å². The van der Waals surface area contributed by atoms with Gasteiger partial charge in [-0.15, -0.1) is 0 Å². The van der Waals surface area contributed by atoms with Crippen LogP contribution in [-0.4, -0.2) is 13.7 Å². The molecule has 0 amide bonds. The molecule has 1 N–H and O–H groups in total. The molecule has 1 unspecified atom stereocenters. The first-order valence-corrected chi connectivity index (χ1v) is 7.24. The number of benzene rings is 1. The predicted molar refractivity (Wildman–Crippen MR) is 81.1 cm³/mol. The SMILES string of the molecule is CCCCOc1ccc(C(Cc2ccoc2)NC)cc1. The van der Waals surface area contributed by atoms with Crippen LogP contribution in [-0.2, 0) is 6.42 Å². The molecule has 20 heavy (non-hydrogen) atoms. The average Bonchev–Trinajstić information content (AvgIpc) is 2.99. The summed E-state index contributed by atoms with van der Waals surface area (Å²) in [5.74, 6) is 0.945. The molecule has 0 saturated carbocycles. The molecule has 3 heteroatoms. The van der Waals surface area contributed by atoms with E-state index in [1.807, 2.05) is 25.2 Å². The first-order valence-electron chi connectivity index (χ1n) is 7.24. The van der Waals surface area contributed by atoms with Crippen molar-refractivity contribution in [1.29, 1.82) is 0 Å². The number of hydrogen-bond donors (Lipinski definition) is 1. The summed E-state index contributed by atoms with van der Waals surface area (Å²) < 4.78 is 10.8. The van der Waals surface area contributed by atoms with Gasteiger partial charge in [0.05, 0.1) is 19.1 Å². The summed E-state index contributed by atoms with van der Waals surface area (Å²) in [5.41, 5.74) is 2.46. The number of likely N-dealkylation sites (N-methyl/N-ethyl adjacent to an activating group) is 1. The van der Waals surface area contributed by atoms with Gasteiger partial charge in [0.1, 0.15) is 5.75 Å². The van der Waals surface area contributed by atoms with Crippen molar-refractivity contribution in [3.05, 3.63) is 54.0 Å². The highest BCUT2D eigenvalue weighted by atomic mass is 16.5. The second kappa shape index (κ2) is 7.75. The minimum atomic E-state index is 0.289. The van der Waals surface area contributed by atoms with E-state index in [0.29, 0.717) is 0 Å².